The number of pyridine rings is 2. The number of nitrogens with zero attached hydrogens (tertiary/aromatic N) is 2. The Morgan fingerprint density at radius 1 is 1.48 bits per heavy atom. The maximum Gasteiger partial charge on any atom is 0.311 e. The summed E-state index contributed by atoms with van der Waals surface area (Å²) in [4.78, 5) is 39.4. The summed E-state index contributed by atoms with van der Waals surface area (Å²) >= 11 is 3.15. The summed E-state index contributed by atoms with van der Waals surface area (Å²) in [5, 5.41) is 13.0. The molecule has 2 aromatic heterocycles. The van der Waals surface area contributed by atoms with Gasteiger partial charge in [-0.1, -0.05) is 0 Å². The van der Waals surface area contributed by atoms with Gasteiger partial charge < -0.3 is 16.0 Å². The van der Waals surface area contributed by atoms with E-state index in [0.717, 1.165) is 12.1 Å². The number of carbonyl (C=O) groups is 1. The summed E-state index contributed by atoms with van der Waals surface area (Å²) < 4.78 is 0.563. The van der Waals surface area contributed by atoms with Crippen molar-refractivity contribution in [1.29, 1.82) is 0 Å². The lowest BCUT2D eigenvalue weighted by atomic mass is 10.3. The van der Waals surface area contributed by atoms with Crippen LogP contribution in [0.2, 0.25) is 0 Å². The van der Waals surface area contributed by atoms with Crippen molar-refractivity contribution in [2.45, 2.75) is 0 Å². The van der Waals surface area contributed by atoms with Crippen LogP contribution in [0.3, 0.4) is 0 Å². The molecule has 0 spiro atoms. The second-order valence-electron chi connectivity index (χ2n) is 3.87. The van der Waals surface area contributed by atoms with Crippen molar-refractivity contribution >= 4 is 39.0 Å². The monoisotopic (exact) mass is 353 g/mol. The third-order valence-corrected chi connectivity index (χ3v) is 2.91. The zero-order valence-electron chi connectivity index (χ0n) is 10.3. The number of aromatic nitrogens is 2. The lowest BCUT2D eigenvalue weighted by Crippen LogP contribution is -2.20. The molecule has 0 atom stereocenters. The van der Waals surface area contributed by atoms with E-state index >= 15 is 0 Å². The normalized spacial score (nSPS) is 10.1. The molecular formula is C11H8BrN5O4. The number of rotatable bonds is 3. The predicted molar refractivity (Wildman–Crippen MR) is 78.0 cm³/mol. The van der Waals surface area contributed by atoms with E-state index in [1.54, 1.807) is 0 Å². The van der Waals surface area contributed by atoms with Gasteiger partial charge in [0.15, 0.2) is 0 Å². The highest BCUT2D eigenvalue weighted by Crippen LogP contribution is 2.19. The number of hydrogen-bond donors (Lipinski definition) is 3. The van der Waals surface area contributed by atoms with Gasteiger partial charge >= 0.3 is 5.69 Å². The van der Waals surface area contributed by atoms with Crippen LogP contribution in [0.1, 0.15) is 10.5 Å². The topological polar surface area (TPSA) is 144 Å². The minimum atomic E-state index is -0.708. The molecule has 2 rings (SSSR count). The van der Waals surface area contributed by atoms with E-state index < -0.39 is 22.1 Å². The molecule has 0 saturated heterocycles. The molecule has 2 aromatic rings. The largest absolute Gasteiger partial charge is 0.378 e. The van der Waals surface area contributed by atoms with E-state index in [2.05, 4.69) is 31.2 Å². The zero-order valence-corrected chi connectivity index (χ0v) is 11.9. The van der Waals surface area contributed by atoms with E-state index in [9.17, 15) is 19.7 Å². The van der Waals surface area contributed by atoms with Crippen LogP contribution in [0.25, 0.3) is 0 Å². The van der Waals surface area contributed by atoms with Crippen molar-refractivity contribution in [1.82, 2.24) is 9.97 Å². The lowest BCUT2D eigenvalue weighted by Gasteiger charge is -2.05. The fraction of sp³-hybridized carbons (Fsp3) is 0. The van der Waals surface area contributed by atoms with Gasteiger partial charge in [0.1, 0.15) is 11.4 Å². The van der Waals surface area contributed by atoms with Gasteiger partial charge in [0.2, 0.25) is 5.82 Å². The van der Waals surface area contributed by atoms with Crippen LogP contribution in [0, 0.1) is 10.1 Å². The van der Waals surface area contributed by atoms with Crippen LogP contribution >= 0.6 is 15.9 Å². The van der Waals surface area contributed by atoms with Crippen molar-refractivity contribution in [3.05, 3.63) is 55.0 Å². The number of halogens is 1. The minimum Gasteiger partial charge on any atom is -0.378 e. The van der Waals surface area contributed by atoms with Gasteiger partial charge in [-0.2, -0.15) is 0 Å². The molecule has 9 nitrogen and oxygen atoms in total. The van der Waals surface area contributed by atoms with Gasteiger partial charge in [-0.25, -0.2) is 4.98 Å². The first kappa shape index (κ1) is 14.7. The summed E-state index contributed by atoms with van der Waals surface area (Å²) in [6, 6.07) is 3.63. The Morgan fingerprint density at radius 3 is 2.81 bits per heavy atom. The molecule has 21 heavy (non-hydrogen) atoms. The maximum atomic E-state index is 11.9. The summed E-state index contributed by atoms with van der Waals surface area (Å²) in [6.07, 6.45) is 1.42. The molecule has 0 aromatic carbocycles. The van der Waals surface area contributed by atoms with E-state index in [0.29, 0.717) is 4.47 Å². The first-order valence-electron chi connectivity index (χ1n) is 5.49. The Bertz CT molecular complexity index is 788. The van der Waals surface area contributed by atoms with Gasteiger partial charge in [-0.3, -0.25) is 19.7 Å². The van der Waals surface area contributed by atoms with Gasteiger partial charge in [0.25, 0.3) is 11.5 Å². The second-order valence-corrected chi connectivity index (χ2v) is 4.79. The molecule has 0 aliphatic heterocycles. The van der Waals surface area contributed by atoms with E-state index in [1.807, 2.05) is 0 Å². The van der Waals surface area contributed by atoms with Gasteiger partial charge in [0, 0.05) is 16.7 Å². The van der Waals surface area contributed by atoms with E-state index in [-0.39, 0.29) is 17.2 Å². The Kier molecular flexibility index (Phi) is 3.98. The molecule has 0 unspecified atom stereocenters. The standard InChI is InChI=1S/C11H8BrN5O4/c12-5-3-7(10(18)14-4-5)16-11(19)6-1-2-8(17(20)21)9(13)15-6/h1-4H,(H2,13,15)(H,14,18)(H,16,19). The number of nitrogen functional groups attached to an aromatic ring is 1. The predicted octanol–water partition coefficient (Wildman–Crippen LogP) is 1.28. The molecule has 4 N–H and O–H groups in total. The van der Waals surface area contributed by atoms with Crippen LogP contribution in [0.5, 0.6) is 0 Å². The van der Waals surface area contributed by atoms with Crippen LogP contribution < -0.4 is 16.6 Å². The average molecular weight is 354 g/mol. The SMILES string of the molecule is Nc1nc(C(=O)Nc2cc(Br)c[nH]c2=O)ccc1[N+](=O)[O-]. The Balaban J connectivity index is 2.29. The molecule has 1 amide bonds. The van der Waals surface area contributed by atoms with Gasteiger partial charge in [-0.15, -0.1) is 0 Å². The molecule has 10 heteroatoms. The van der Waals surface area contributed by atoms with Gasteiger partial charge in [0.05, 0.1) is 4.92 Å². The summed E-state index contributed by atoms with van der Waals surface area (Å²) in [5.74, 6) is -1.09. The molecule has 0 saturated carbocycles. The number of H-pyrrole nitrogens is 1. The van der Waals surface area contributed by atoms with Crippen LogP contribution in [0.15, 0.2) is 33.7 Å². The summed E-state index contributed by atoms with van der Waals surface area (Å²) in [7, 11) is 0. The minimum absolute atomic E-state index is 0.00750. The number of amides is 1. The number of aromatic amines is 1. The van der Waals surface area contributed by atoms with Crippen molar-refractivity contribution in [2.75, 3.05) is 11.1 Å². The number of nitrogens with one attached hydrogen (secondary N) is 2. The molecule has 0 fully saturated rings. The molecule has 0 aliphatic rings. The van der Waals surface area contributed by atoms with E-state index in [1.165, 1.54) is 12.3 Å². The van der Waals surface area contributed by atoms with Crippen LogP contribution in [-0.2, 0) is 0 Å². The summed E-state index contributed by atoms with van der Waals surface area (Å²) in [5.41, 5.74) is 4.37. The number of nitrogens with two attached hydrogens (primary N) is 1. The average Bonchev–Trinajstić information content (AvgIpc) is 2.42. The van der Waals surface area contributed by atoms with Crippen LogP contribution in [-0.4, -0.2) is 20.8 Å². The first-order valence-corrected chi connectivity index (χ1v) is 6.28. The highest BCUT2D eigenvalue weighted by molar-refractivity contribution is 9.10. The second kappa shape index (κ2) is 5.71. The highest BCUT2D eigenvalue weighted by atomic mass is 79.9. The number of nitro groups is 1. The Labute approximate surface area is 125 Å². The molecule has 108 valence electrons. The summed E-state index contributed by atoms with van der Waals surface area (Å²) in [6.45, 7) is 0. The quantitative estimate of drug-likeness (QED) is 0.559. The third kappa shape index (κ3) is 3.23. The van der Waals surface area contributed by atoms with Crippen molar-refractivity contribution in [3.63, 3.8) is 0 Å². The molecule has 0 aliphatic carbocycles. The van der Waals surface area contributed by atoms with Crippen molar-refractivity contribution < 1.29 is 9.72 Å². The zero-order chi connectivity index (χ0) is 15.6. The highest BCUT2D eigenvalue weighted by Gasteiger charge is 2.17. The lowest BCUT2D eigenvalue weighted by molar-refractivity contribution is -0.384. The fourth-order valence-electron chi connectivity index (χ4n) is 1.48. The van der Waals surface area contributed by atoms with E-state index in [4.69, 9.17) is 5.73 Å². The van der Waals surface area contributed by atoms with Gasteiger partial charge in [-0.05, 0) is 28.1 Å². The number of anilines is 2. The van der Waals surface area contributed by atoms with Crippen molar-refractivity contribution in [3.8, 4) is 0 Å². The Morgan fingerprint density at radius 2 is 2.19 bits per heavy atom. The smallest absolute Gasteiger partial charge is 0.311 e. The first-order chi connectivity index (χ1) is 9.88. The molecule has 2 heterocycles. The third-order valence-electron chi connectivity index (χ3n) is 2.45. The maximum absolute atomic E-state index is 11.9. The molecular weight excluding hydrogens is 346 g/mol. The van der Waals surface area contributed by atoms with Crippen molar-refractivity contribution in [2.24, 2.45) is 0 Å². The number of hydrogen-bond acceptors (Lipinski definition) is 6. The number of carbonyl (C=O) groups excluding carboxylic acids is 1. The van der Waals surface area contributed by atoms with Crippen LogP contribution in [0.4, 0.5) is 17.2 Å². The molecule has 0 bridgehead atoms. The molecule has 0 radical (unpaired) electrons. The fourth-order valence-corrected chi connectivity index (χ4v) is 1.83. The Hall–Kier alpha value is -2.75.